The Balaban J connectivity index is 2.02. The highest BCUT2D eigenvalue weighted by molar-refractivity contribution is 6.24. The molecular weight excluding hydrogens is 423 g/mol. The van der Waals surface area contributed by atoms with E-state index in [1.807, 2.05) is 0 Å². The summed E-state index contributed by atoms with van der Waals surface area (Å²) >= 11 is 0. The molecule has 0 radical (unpaired) electrons. The molecule has 10 heteroatoms. The van der Waals surface area contributed by atoms with Crippen LogP contribution in [0.15, 0.2) is 34.8 Å². The van der Waals surface area contributed by atoms with Gasteiger partial charge in [0.05, 0.1) is 11.6 Å². The van der Waals surface area contributed by atoms with Gasteiger partial charge in [-0.25, -0.2) is 4.39 Å². The zero-order valence-electron chi connectivity index (χ0n) is 17.6. The van der Waals surface area contributed by atoms with Crippen LogP contribution >= 0.6 is 0 Å². The maximum absolute atomic E-state index is 14.7. The number of carbonyl (C=O) groups excluding carboxylic acids is 3. The number of phenols is 1. The summed E-state index contributed by atoms with van der Waals surface area (Å²) in [4.78, 5) is 39.8. The minimum atomic E-state index is -2.72. The number of amides is 1. The molecule has 3 aliphatic rings. The average molecular weight is 446 g/mol. The maximum Gasteiger partial charge on any atom is 0.255 e. The van der Waals surface area contributed by atoms with Crippen molar-refractivity contribution in [1.82, 2.24) is 4.90 Å². The second kappa shape index (κ2) is 6.88. The van der Waals surface area contributed by atoms with E-state index in [0.717, 1.165) is 12.1 Å². The molecule has 4 rings (SSSR count). The van der Waals surface area contributed by atoms with E-state index in [1.165, 1.54) is 19.0 Å². The number of aromatic hydroxyl groups is 1. The highest BCUT2D eigenvalue weighted by Crippen LogP contribution is 2.55. The number of rotatable bonds is 2. The van der Waals surface area contributed by atoms with E-state index in [-0.39, 0.29) is 23.1 Å². The van der Waals surface area contributed by atoms with Crippen LogP contribution in [0.3, 0.4) is 0 Å². The molecule has 5 atom stereocenters. The normalized spacial score (nSPS) is 32.1. The molecule has 0 saturated heterocycles. The summed E-state index contributed by atoms with van der Waals surface area (Å²) in [6.45, 7) is 1.61. The lowest BCUT2D eigenvalue weighted by Crippen LogP contribution is -2.64. The van der Waals surface area contributed by atoms with E-state index < -0.39 is 75.5 Å². The third-order valence-corrected chi connectivity index (χ3v) is 7.03. The Morgan fingerprint density at radius 2 is 1.84 bits per heavy atom. The first-order chi connectivity index (χ1) is 14.8. The Kier molecular flexibility index (Phi) is 4.72. The number of ketones is 2. The number of hydrogen-bond acceptors (Lipinski definition) is 8. The van der Waals surface area contributed by atoms with Gasteiger partial charge in [0.2, 0.25) is 5.78 Å². The third-order valence-electron chi connectivity index (χ3n) is 7.03. The van der Waals surface area contributed by atoms with E-state index >= 15 is 0 Å². The van der Waals surface area contributed by atoms with Crippen molar-refractivity contribution >= 4 is 17.5 Å². The second-order valence-corrected chi connectivity index (χ2v) is 8.81. The SMILES string of the molecule is C[C@H]1c2c(F)ccc(O)c2C(=O)C2=C(O)[C@]3(O)C(=O)C(C(N)=O)=C(O)[C@@H](N(C)C)[C@@H]3CC21. The number of likely N-dealkylation sites (N-methyl/N-ethyl adjacent to an activating group) is 1. The number of phenolic OH excluding ortho intramolecular Hbond substituents is 1. The molecule has 0 saturated carbocycles. The van der Waals surface area contributed by atoms with Crippen molar-refractivity contribution in [2.24, 2.45) is 17.6 Å². The molecular formula is C22H23FN2O7. The number of halogens is 1. The molecule has 32 heavy (non-hydrogen) atoms. The van der Waals surface area contributed by atoms with Gasteiger partial charge in [0.1, 0.15) is 28.7 Å². The number of nitrogens with zero attached hydrogens (tertiary/aromatic N) is 1. The van der Waals surface area contributed by atoms with E-state index in [0.29, 0.717) is 0 Å². The molecule has 0 heterocycles. The Morgan fingerprint density at radius 3 is 2.41 bits per heavy atom. The summed E-state index contributed by atoms with van der Waals surface area (Å²) in [5.41, 5.74) is 0.987. The summed E-state index contributed by atoms with van der Waals surface area (Å²) in [5.74, 6) is -9.05. The van der Waals surface area contributed by atoms with Crippen molar-refractivity contribution < 1.29 is 39.2 Å². The van der Waals surface area contributed by atoms with Gasteiger partial charge < -0.3 is 26.2 Å². The van der Waals surface area contributed by atoms with Crippen LogP contribution in [0.5, 0.6) is 5.75 Å². The fourth-order valence-electron chi connectivity index (χ4n) is 5.57. The monoisotopic (exact) mass is 446 g/mol. The average Bonchev–Trinajstić information content (AvgIpc) is 2.69. The number of allylic oxidation sites excluding steroid dienone is 1. The van der Waals surface area contributed by atoms with Crippen molar-refractivity contribution in [3.05, 3.63) is 51.7 Å². The largest absolute Gasteiger partial charge is 0.510 e. The van der Waals surface area contributed by atoms with Gasteiger partial charge in [-0.15, -0.1) is 0 Å². The topological polar surface area (TPSA) is 161 Å². The molecule has 0 fully saturated rings. The maximum atomic E-state index is 14.7. The number of nitrogens with two attached hydrogens (primary N) is 1. The number of benzene rings is 1. The first kappa shape index (κ1) is 22.0. The molecule has 9 nitrogen and oxygen atoms in total. The molecule has 1 amide bonds. The minimum Gasteiger partial charge on any atom is -0.510 e. The molecule has 1 aromatic carbocycles. The smallest absolute Gasteiger partial charge is 0.255 e. The predicted molar refractivity (Wildman–Crippen MR) is 108 cm³/mol. The van der Waals surface area contributed by atoms with Crippen LogP contribution in [-0.4, -0.2) is 68.5 Å². The highest BCUT2D eigenvalue weighted by atomic mass is 19.1. The molecule has 0 spiro atoms. The van der Waals surface area contributed by atoms with E-state index in [1.54, 1.807) is 6.92 Å². The fourth-order valence-corrected chi connectivity index (χ4v) is 5.57. The van der Waals surface area contributed by atoms with Crippen LogP contribution in [-0.2, 0) is 9.59 Å². The number of carbonyl (C=O) groups is 3. The zero-order chi connectivity index (χ0) is 23.9. The Bertz CT molecular complexity index is 1160. The standard InChI is InChI=1S/C22H23FN2O7/c1-7-8-6-9-16(25(2)3)18(28)15(21(24)31)20(30)22(9,32)19(29)13(8)17(27)14-11(26)5-4-10(23)12(7)14/h4-5,7-9,16,26,28-29,32H,6H2,1-3H3,(H2,24,31)/t7-,8?,9+,16+,22+/m1/s1. The first-order valence-corrected chi connectivity index (χ1v) is 10.0. The van der Waals surface area contributed by atoms with Crippen LogP contribution in [0.25, 0.3) is 0 Å². The summed E-state index contributed by atoms with van der Waals surface area (Å²) < 4.78 is 14.7. The van der Waals surface area contributed by atoms with Crippen LogP contribution in [0.2, 0.25) is 0 Å². The number of primary amides is 1. The van der Waals surface area contributed by atoms with Gasteiger partial charge in [0.15, 0.2) is 11.4 Å². The fraction of sp³-hybridized carbons (Fsp3) is 0.409. The van der Waals surface area contributed by atoms with Crippen molar-refractivity contribution in [1.29, 1.82) is 0 Å². The van der Waals surface area contributed by atoms with Gasteiger partial charge in [-0.1, -0.05) is 6.92 Å². The number of fused-ring (bicyclic) bond motifs is 3. The van der Waals surface area contributed by atoms with Crippen LogP contribution in [0, 0.1) is 17.7 Å². The van der Waals surface area contributed by atoms with E-state index in [4.69, 9.17) is 5.73 Å². The minimum absolute atomic E-state index is 0.0249. The molecule has 1 aromatic rings. The lowest BCUT2D eigenvalue weighted by Gasteiger charge is -2.51. The van der Waals surface area contributed by atoms with Crippen molar-refractivity contribution in [2.75, 3.05) is 14.1 Å². The lowest BCUT2D eigenvalue weighted by atomic mass is 9.56. The third kappa shape index (κ3) is 2.53. The van der Waals surface area contributed by atoms with Gasteiger partial charge in [-0.05, 0) is 44.5 Å². The summed E-state index contributed by atoms with van der Waals surface area (Å²) in [6, 6.07) is 0.949. The van der Waals surface area contributed by atoms with Crippen LogP contribution in [0.1, 0.15) is 35.2 Å². The first-order valence-electron chi connectivity index (χ1n) is 10.0. The van der Waals surface area contributed by atoms with Crippen molar-refractivity contribution in [3.63, 3.8) is 0 Å². The Morgan fingerprint density at radius 1 is 1.22 bits per heavy atom. The van der Waals surface area contributed by atoms with Gasteiger partial charge in [0, 0.05) is 17.1 Å². The Labute approximate surface area is 182 Å². The molecule has 170 valence electrons. The molecule has 0 aromatic heterocycles. The van der Waals surface area contributed by atoms with Gasteiger partial charge in [0.25, 0.3) is 5.91 Å². The number of Topliss-reactive ketones (excluding diaryl/α,β-unsaturated/α-hetero) is 2. The van der Waals surface area contributed by atoms with Gasteiger partial charge in [-0.2, -0.15) is 0 Å². The number of hydrogen-bond donors (Lipinski definition) is 5. The van der Waals surface area contributed by atoms with E-state index in [9.17, 15) is 39.2 Å². The summed E-state index contributed by atoms with van der Waals surface area (Å²) in [7, 11) is 3.07. The lowest BCUT2D eigenvalue weighted by molar-refractivity contribution is -0.148. The van der Waals surface area contributed by atoms with E-state index in [2.05, 4.69) is 0 Å². The Hall–Kier alpha value is -3.24. The molecule has 0 bridgehead atoms. The summed E-state index contributed by atoms with van der Waals surface area (Å²) in [5, 5.41) is 43.5. The van der Waals surface area contributed by atoms with Gasteiger partial charge in [-0.3, -0.25) is 19.3 Å². The molecule has 0 aliphatic heterocycles. The summed E-state index contributed by atoms with van der Waals surface area (Å²) in [6.07, 6.45) is -0.0952. The van der Waals surface area contributed by atoms with Crippen LogP contribution in [0.4, 0.5) is 4.39 Å². The molecule has 1 unspecified atom stereocenters. The van der Waals surface area contributed by atoms with Crippen LogP contribution < -0.4 is 5.73 Å². The van der Waals surface area contributed by atoms with Crippen molar-refractivity contribution in [3.8, 4) is 5.75 Å². The zero-order valence-corrected chi connectivity index (χ0v) is 17.6. The van der Waals surface area contributed by atoms with Crippen molar-refractivity contribution in [2.45, 2.75) is 30.9 Å². The highest BCUT2D eigenvalue weighted by Gasteiger charge is 2.64. The quantitative estimate of drug-likeness (QED) is 0.417. The molecule has 6 N–H and O–H groups in total. The predicted octanol–water partition coefficient (Wildman–Crippen LogP) is 0.821. The number of aliphatic hydroxyl groups is 3. The second-order valence-electron chi connectivity index (χ2n) is 8.81. The van der Waals surface area contributed by atoms with Gasteiger partial charge >= 0.3 is 0 Å². The number of aliphatic hydroxyl groups excluding tert-OH is 2. The molecule has 3 aliphatic carbocycles.